The van der Waals surface area contributed by atoms with Crippen molar-refractivity contribution >= 4 is 26.8 Å². The number of aliphatic hydroxyl groups is 1. The maximum atomic E-state index is 12.5. The van der Waals surface area contributed by atoms with Gasteiger partial charge in [0.15, 0.2) is 16.6 Å². The summed E-state index contributed by atoms with van der Waals surface area (Å²) in [5.41, 5.74) is 0.277. The highest BCUT2D eigenvalue weighted by Crippen LogP contribution is 2.37. The Labute approximate surface area is 274 Å². The zero-order valence-electron chi connectivity index (χ0n) is 30.3. The van der Waals surface area contributed by atoms with E-state index in [-0.39, 0.29) is 21.6 Å². The summed E-state index contributed by atoms with van der Waals surface area (Å²) in [7, 11) is -7.18. The molecule has 0 fully saturated rings. The quantitative estimate of drug-likeness (QED) is 0.0750. The van der Waals surface area contributed by atoms with Crippen molar-refractivity contribution < 1.29 is 26.6 Å². The van der Waals surface area contributed by atoms with Crippen molar-refractivity contribution in [3.63, 3.8) is 0 Å². The van der Waals surface area contributed by atoms with E-state index in [1.165, 1.54) is 0 Å². The maximum absolute atomic E-state index is 12.5. The normalized spacial score (nSPS) is 15.0. The molecule has 1 N–H and O–H groups in total. The molecule has 1 aromatic carbocycles. The summed E-state index contributed by atoms with van der Waals surface area (Å²) in [4.78, 5) is 0.187. The Hall–Kier alpha value is -0.556. The van der Waals surface area contributed by atoms with Crippen LogP contribution in [0, 0.1) is 6.92 Å². The van der Waals surface area contributed by atoms with Crippen LogP contribution in [0.2, 0.25) is 36.3 Å². The lowest BCUT2D eigenvalue weighted by molar-refractivity contribution is 0.00634. The molecule has 1 rings (SSSR count). The molecule has 0 bridgehead atoms. The van der Waals surface area contributed by atoms with Crippen LogP contribution in [0.5, 0.6) is 0 Å². The fourth-order valence-corrected chi connectivity index (χ4v) is 7.72. The van der Waals surface area contributed by atoms with Crippen LogP contribution in [0.25, 0.3) is 0 Å². The van der Waals surface area contributed by atoms with Gasteiger partial charge in [-0.25, -0.2) is 0 Å². The van der Waals surface area contributed by atoms with Crippen molar-refractivity contribution in [2.75, 3.05) is 19.8 Å². The molecule has 9 heteroatoms. The van der Waals surface area contributed by atoms with Crippen molar-refractivity contribution in [1.82, 2.24) is 0 Å². The lowest BCUT2D eigenvalue weighted by atomic mass is 9.85. The van der Waals surface area contributed by atoms with Crippen molar-refractivity contribution in [2.24, 2.45) is 0 Å². The molecule has 0 saturated carbocycles. The van der Waals surface area contributed by atoms with Crippen molar-refractivity contribution in [3.8, 4) is 0 Å². The summed E-state index contributed by atoms with van der Waals surface area (Å²) in [5.74, 6) is 0. The van der Waals surface area contributed by atoms with E-state index < -0.39 is 32.4 Å². The molecule has 0 heterocycles. The number of hydrogen-bond donors (Lipinski definition) is 1. The Morgan fingerprint density at radius 2 is 0.977 bits per heavy atom. The standard InChI is InChI=1S/C35H68O6SSi2/c1-31-21-23-32(24-22-31)42(37,38)39-28-20-17-27-35(36,26-16-14-19-30-41-44(10,11)34(5,6)7)25-15-12-13-18-29-40-43(8,9)33(2,3)4/h21-24,36H,12-20,25-30H2,1-11H3. The highest BCUT2D eigenvalue weighted by Gasteiger charge is 2.37. The number of rotatable bonds is 22. The minimum absolute atomic E-state index is 0.130. The van der Waals surface area contributed by atoms with Crippen molar-refractivity contribution in [3.05, 3.63) is 29.8 Å². The van der Waals surface area contributed by atoms with Gasteiger partial charge < -0.3 is 14.0 Å². The topological polar surface area (TPSA) is 82.1 Å². The van der Waals surface area contributed by atoms with E-state index >= 15 is 0 Å². The van der Waals surface area contributed by atoms with Crippen molar-refractivity contribution in [1.29, 1.82) is 0 Å². The van der Waals surface area contributed by atoms with E-state index in [9.17, 15) is 13.5 Å². The molecule has 0 amide bonds. The van der Waals surface area contributed by atoms with Crippen LogP contribution < -0.4 is 0 Å². The zero-order chi connectivity index (χ0) is 33.7. The van der Waals surface area contributed by atoms with Crippen LogP contribution >= 0.6 is 0 Å². The Kier molecular flexibility index (Phi) is 17.1. The van der Waals surface area contributed by atoms with E-state index in [0.717, 1.165) is 83.0 Å². The number of benzene rings is 1. The highest BCUT2D eigenvalue weighted by atomic mass is 32.2. The molecule has 0 aromatic heterocycles. The molecule has 0 aliphatic carbocycles. The fraction of sp³-hybridized carbons (Fsp3) is 0.829. The van der Waals surface area contributed by atoms with Gasteiger partial charge in [0.05, 0.1) is 17.1 Å². The van der Waals surface area contributed by atoms with Gasteiger partial charge in [0, 0.05) is 13.2 Å². The van der Waals surface area contributed by atoms with Crippen molar-refractivity contribution in [2.45, 2.75) is 172 Å². The Morgan fingerprint density at radius 3 is 1.41 bits per heavy atom. The van der Waals surface area contributed by atoms with Gasteiger partial charge in [-0.15, -0.1) is 0 Å². The summed E-state index contributed by atoms with van der Waals surface area (Å²) in [6, 6.07) is 6.72. The summed E-state index contributed by atoms with van der Waals surface area (Å²) >= 11 is 0. The maximum Gasteiger partial charge on any atom is 0.296 e. The molecule has 1 aromatic rings. The minimum Gasteiger partial charge on any atom is -0.417 e. The third kappa shape index (κ3) is 15.4. The zero-order valence-corrected chi connectivity index (χ0v) is 33.1. The highest BCUT2D eigenvalue weighted by molar-refractivity contribution is 7.86. The first-order valence-corrected chi connectivity index (χ1v) is 24.3. The van der Waals surface area contributed by atoms with E-state index in [4.69, 9.17) is 13.0 Å². The molecule has 1 unspecified atom stereocenters. The monoisotopic (exact) mass is 672 g/mol. The molecular formula is C35H68O6SSi2. The average Bonchev–Trinajstić information content (AvgIpc) is 2.89. The second-order valence-corrected chi connectivity index (χ2v) is 27.2. The van der Waals surface area contributed by atoms with Crippen LogP contribution in [0.1, 0.15) is 124 Å². The molecule has 0 aliphatic rings. The molecule has 0 saturated heterocycles. The van der Waals surface area contributed by atoms with E-state index in [0.29, 0.717) is 12.8 Å². The first-order chi connectivity index (χ1) is 20.1. The van der Waals surface area contributed by atoms with Gasteiger partial charge in [-0.2, -0.15) is 8.42 Å². The molecule has 6 nitrogen and oxygen atoms in total. The number of unbranched alkanes of at least 4 members (excludes halogenated alkanes) is 6. The van der Waals surface area contributed by atoms with Crippen LogP contribution in [0.4, 0.5) is 0 Å². The average molecular weight is 673 g/mol. The largest absolute Gasteiger partial charge is 0.417 e. The predicted octanol–water partition coefficient (Wildman–Crippen LogP) is 10.2. The Morgan fingerprint density at radius 1 is 0.614 bits per heavy atom. The van der Waals surface area contributed by atoms with Crippen LogP contribution in [0.3, 0.4) is 0 Å². The van der Waals surface area contributed by atoms with Gasteiger partial charge >= 0.3 is 0 Å². The minimum atomic E-state index is -3.76. The first kappa shape index (κ1) is 41.5. The number of aryl methyl sites for hydroxylation is 1. The van der Waals surface area contributed by atoms with E-state index in [1.54, 1.807) is 24.3 Å². The molecule has 0 spiro atoms. The van der Waals surface area contributed by atoms with E-state index in [2.05, 4.69) is 67.7 Å². The first-order valence-electron chi connectivity index (χ1n) is 17.1. The SMILES string of the molecule is Cc1ccc(S(=O)(=O)OCCCCC(O)(CCCCCCO[Si](C)(C)C(C)(C)C)CCCCCO[Si](C)(C)C(C)(C)C)cc1. The second-order valence-electron chi connectivity index (χ2n) is 16.0. The van der Waals surface area contributed by atoms with Crippen LogP contribution in [-0.2, 0) is 23.2 Å². The lowest BCUT2D eigenvalue weighted by Crippen LogP contribution is -2.40. The molecule has 44 heavy (non-hydrogen) atoms. The second kappa shape index (κ2) is 18.1. The smallest absolute Gasteiger partial charge is 0.296 e. The fourth-order valence-electron chi connectivity index (χ4n) is 4.60. The number of hydrogen-bond acceptors (Lipinski definition) is 6. The van der Waals surface area contributed by atoms with Gasteiger partial charge in [0.1, 0.15) is 0 Å². The molecule has 0 aliphatic heterocycles. The van der Waals surface area contributed by atoms with Gasteiger partial charge in [-0.3, -0.25) is 4.18 Å². The van der Waals surface area contributed by atoms with Gasteiger partial charge in [0.2, 0.25) is 0 Å². The van der Waals surface area contributed by atoms with Crippen LogP contribution in [-0.4, -0.2) is 55.6 Å². The Bertz CT molecular complexity index is 1040. The van der Waals surface area contributed by atoms with E-state index in [1.807, 2.05) is 6.92 Å². The predicted molar refractivity (Wildman–Crippen MR) is 191 cm³/mol. The van der Waals surface area contributed by atoms with Gasteiger partial charge in [-0.05, 0) is 100 Å². The summed E-state index contributed by atoms with van der Waals surface area (Å²) < 4.78 is 43.0. The summed E-state index contributed by atoms with van der Waals surface area (Å²) in [6.45, 7) is 26.5. The summed E-state index contributed by atoms with van der Waals surface area (Å²) in [6.07, 6.45) is 10.8. The Balaban J connectivity index is 2.54. The lowest BCUT2D eigenvalue weighted by Gasteiger charge is -2.36. The van der Waals surface area contributed by atoms with Crippen LogP contribution in [0.15, 0.2) is 29.2 Å². The third-order valence-electron chi connectivity index (χ3n) is 9.95. The summed E-state index contributed by atoms with van der Waals surface area (Å²) in [5, 5.41) is 12.1. The van der Waals surface area contributed by atoms with Gasteiger partial charge in [-0.1, -0.05) is 91.3 Å². The van der Waals surface area contributed by atoms with Gasteiger partial charge in [0.25, 0.3) is 10.1 Å². The molecular weight excluding hydrogens is 605 g/mol. The molecule has 258 valence electrons. The molecule has 1 atom stereocenters. The molecule has 0 radical (unpaired) electrons. The third-order valence-corrected chi connectivity index (χ3v) is 20.3.